The predicted octanol–water partition coefficient (Wildman–Crippen LogP) is 3.03. The molecule has 31 heavy (non-hydrogen) atoms. The number of hydrogen-bond donors (Lipinski definition) is 0. The number of fused-ring (bicyclic) bond motifs is 1. The Labute approximate surface area is 182 Å². The minimum Gasteiger partial charge on any atom is -0.748 e. The number of anilines is 1. The summed E-state index contributed by atoms with van der Waals surface area (Å²) in [6, 6.07) is 11.4. The van der Waals surface area contributed by atoms with Gasteiger partial charge in [0.1, 0.15) is 12.1 Å². The molecule has 3 aromatic rings. The van der Waals surface area contributed by atoms with E-state index in [1.807, 2.05) is 42.5 Å². The summed E-state index contributed by atoms with van der Waals surface area (Å²) in [6.07, 6.45) is 7.39. The van der Waals surface area contributed by atoms with E-state index in [2.05, 4.69) is 18.7 Å². The maximum absolute atomic E-state index is 12.4. The van der Waals surface area contributed by atoms with Crippen molar-refractivity contribution in [3.05, 3.63) is 70.3 Å². The highest BCUT2D eigenvalue weighted by molar-refractivity contribution is 7.85. The first kappa shape index (κ1) is 22.7. The molecule has 1 aromatic carbocycles. The van der Waals surface area contributed by atoms with Gasteiger partial charge in [-0.25, -0.2) is 17.8 Å². The lowest BCUT2D eigenvalue weighted by Crippen LogP contribution is -2.33. The fourth-order valence-electron chi connectivity index (χ4n) is 3.36. The van der Waals surface area contributed by atoms with Crippen LogP contribution in [0.1, 0.15) is 31.4 Å². The first-order valence-electron chi connectivity index (χ1n) is 10.2. The maximum Gasteiger partial charge on any atom is 0.343 e. The van der Waals surface area contributed by atoms with Crippen molar-refractivity contribution in [2.24, 2.45) is 0 Å². The van der Waals surface area contributed by atoms with Crippen molar-refractivity contribution in [1.29, 1.82) is 0 Å². The van der Waals surface area contributed by atoms with E-state index >= 15 is 0 Å². The average Bonchev–Trinajstić information content (AvgIpc) is 2.73. The van der Waals surface area contributed by atoms with Gasteiger partial charge < -0.3 is 13.9 Å². The third-order valence-electron chi connectivity index (χ3n) is 5.06. The molecule has 7 nitrogen and oxygen atoms in total. The van der Waals surface area contributed by atoms with Crippen LogP contribution in [0.3, 0.4) is 0 Å². The SMILES string of the molecule is CCN(CC)c1ccc2cc(/C=C/c3cc[n+](CCCS(=O)(=O)[O-])cc3)c(=O)oc2c1. The van der Waals surface area contributed by atoms with Crippen LogP contribution in [-0.2, 0) is 16.7 Å². The van der Waals surface area contributed by atoms with E-state index in [1.54, 1.807) is 23.0 Å². The Morgan fingerprint density at radius 1 is 1.06 bits per heavy atom. The summed E-state index contributed by atoms with van der Waals surface area (Å²) < 4.78 is 39.4. The summed E-state index contributed by atoms with van der Waals surface area (Å²) >= 11 is 0. The van der Waals surface area contributed by atoms with Crippen molar-refractivity contribution >= 4 is 38.9 Å². The number of pyridine rings is 1. The largest absolute Gasteiger partial charge is 0.748 e. The van der Waals surface area contributed by atoms with E-state index in [9.17, 15) is 17.8 Å². The normalized spacial score (nSPS) is 12.0. The van der Waals surface area contributed by atoms with Crippen LogP contribution in [-0.4, -0.2) is 31.8 Å². The van der Waals surface area contributed by atoms with Crippen LogP contribution in [0.5, 0.6) is 0 Å². The summed E-state index contributed by atoms with van der Waals surface area (Å²) in [5.74, 6) is -0.379. The zero-order valence-corrected chi connectivity index (χ0v) is 18.5. The molecular weight excluding hydrogens is 416 g/mol. The second kappa shape index (κ2) is 9.89. The van der Waals surface area contributed by atoms with E-state index in [1.165, 1.54) is 0 Å². The topological polar surface area (TPSA) is 94.5 Å². The first-order valence-corrected chi connectivity index (χ1v) is 11.8. The van der Waals surface area contributed by atoms with Crippen LogP contribution >= 0.6 is 0 Å². The van der Waals surface area contributed by atoms with Crippen LogP contribution < -0.4 is 15.1 Å². The minimum atomic E-state index is -4.19. The lowest BCUT2D eigenvalue weighted by Gasteiger charge is -2.20. The van der Waals surface area contributed by atoms with E-state index < -0.39 is 15.7 Å². The molecule has 164 valence electrons. The summed E-state index contributed by atoms with van der Waals surface area (Å²) in [5, 5.41) is 0.856. The van der Waals surface area contributed by atoms with Crippen LogP contribution in [0, 0.1) is 0 Å². The van der Waals surface area contributed by atoms with Crippen molar-refractivity contribution < 1.29 is 22.0 Å². The summed E-state index contributed by atoms with van der Waals surface area (Å²) in [5.41, 5.74) is 2.52. The molecule has 0 atom stereocenters. The molecule has 0 fully saturated rings. The molecule has 0 spiro atoms. The molecule has 0 aliphatic rings. The third-order valence-corrected chi connectivity index (χ3v) is 5.85. The van der Waals surface area contributed by atoms with Crippen molar-refractivity contribution in [2.75, 3.05) is 23.7 Å². The first-order chi connectivity index (χ1) is 14.8. The fraction of sp³-hybridized carbons (Fsp3) is 0.304. The van der Waals surface area contributed by atoms with Crippen LogP contribution in [0.25, 0.3) is 23.1 Å². The molecule has 0 unspecified atom stereocenters. The maximum atomic E-state index is 12.4. The molecule has 0 aliphatic carbocycles. The molecular formula is C23H26N2O5S. The summed E-state index contributed by atoms with van der Waals surface area (Å²) in [7, 11) is -4.19. The Balaban J connectivity index is 1.74. The van der Waals surface area contributed by atoms with Gasteiger partial charge in [-0.05, 0) is 43.7 Å². The average molecular weight is 443 g/mol. The second-order valence-corrected chi connectivity index (χ2v) is 8.73. The van der Waals surface area contributed by atoms with Crippen LogP contribution in [0.4, 0.5) is 5.69 Å². The van der Waals surface area contributed by atoms with Crippen molar-refractivity contribution in [3.63, 3.8) is 0 Å². The van der Waals surface area contributed by atoms with Gasteiger partial charge in [0.05, 0.1) is 15.7 Å². The summed E-state index contributed by atoms with van der Waals surface area (Å²) in [4.78, 5) is 14.6. The van der Waals surface area contributed by atoms with Crippen LogP contribution in [0.15, 0.2) is 58.0 Å². The zero-order valence-electron chi connectivity index (χ0n) is 17.7. The number of benzene rings is 1. The second-order valence-electron chi connectivity index (χ2n) is 7.20. The van der Waals surface area contributed by atoms with Crippen molar-refractivity contribution in [3.8, 4) is 0 Å². The molecule has 2 heterocycles. The van der Waals surface area contributed by atoms with Gasteiger partial charge in [0.25, 0.3) is 0 Å². The molecule has 0 N–H and O–H groups in total. The van der Waals surface area contributed by atoms with E-state index in [4.69, 9.17) is 4.42 Å². The Hall–Kier alpha value is -2.97. The number of nitrogens with zero attached hydrogens (tertiary/aromatic N) is 2. The smallest absolute Gasteiger partial charge is 0.343 e. The molecule has 8 heteroatoms. The molecule has 0 amide bonds. The van der Waals surface area contributed by atoms with Gasteiger partial charge in [-0.2, -0.15) is 0 Å². The lowest BCUT2D eigenvalue weighted by molar-refractivity contribution is -0.696. The number of rotatable bonds is 9. The van der Waals surface area contributed by atoms with E-state index in [0.29, 0.717) is 17.7 Å². The number of aryl methyl sites for hydroxylation is 1. The number of aromatic nitrogens is 1. The van der Waals surface area contributed by atoms with Crippen molar-refractivity contribution in [1.82, 2.24) is 0 Å². The Morgan fingerprint density at radius 3 is 2.42 bits per heavy atom. The monoisotopic (exact) mass is 442 g/mol. The Morgan fingerprint density at radius 2 is 1.77 bits per heavy atom. The molecule has 0 saturated heterocycles. The standard InChI is InChI=1S/C23H26N2O5S/c1-3-25(4-2)21-9-8-19-16-20(23(26)30-22(19)17-21)7-6-18-10-13-24(14-11-18)12-5-15-31(27,28)29/h6-11,13-14,16-17H,3-5,12,15H2,1-2H3. The van der Waals surface area contributed by atoms with Crippen molar-refractivity contribution in [2.45, 2.75) is 26.8 Å². The highest BCUT2D eigenvalue weighted by Crippen LogP contribution is 2.22. The lowest BCUT2D eigenvalue weighted by atomic mass is 10.1. The Kier molecular flexibility index (Phi) is 7.25. The zero-order chi connectivity index (χ0) is 22.4. The van der Waals surface area contributed by atoms with E-state index in [-0.39, 0.29) is 12.2 Å². The molecule has 0 aliphatic heterocycles. The third kappa shape index (κ3) is 6.26. The molecule has 2 aromatic heterocycles. The molecule has 3 rings (SSSR count). The molecule has 0 saturated carbocycles. The van der Waals surface area contributed by atoms with Gasteiger partial charge in [0, 0.05) is 54.5 Å². The van der Waals surface area contributed by atoms with E-state index in [0.717, 1.165) is 29.7 Å². The quantitative estimate of drug-likeness (QED) is 0.287. The highest BCUT2D eigenvalue weighted by atomic mass is 32.2. The van der Waals surface area contributed by atoms with Gasteiger partial charge in [-0.15, -0.1) is 0 Å². The van der Waals surface area contributed by atoms with Crippen LogP contribution in [0.2, 0.25) is 0 Å². The minimum absolute atomic E-state index is 0.264. The fourth-order valence-corrected chi connectivity index (χ4v) is 3.84. The Bertz CT molecular complexity index is 1230. The molecule has 0 bridgehead atoms. The highest BCUT2D eigenvalue weighted by Gasteiger charge is 2.07. The summed E-state index contributed by atoms with van der Waals surface area (Å²) in [6.45, 7) is 6.36. The molecule has 0 radical (unpaired) electrons. The van der Waals surface area contributed by atoms with Gasteiger partial charge >= 0.3 is 5.63 Å². The van der Waals surface area contributed by atoms with Gasteiger partial charge in [0.15, 0.2) is 12.4 Å². The number of hydrogen-bond acceptors (Lipinski definition) is 6. The van der Waals surface area contributed by atoms with Gasteiger partial charge in [-0.1, -0.05) is 6.08 Å². The van der Waals surface area contributed by atoms with Gasteiger partial charge in [-0.3, -0.25) is 0 Å². The van der Waals surface area contributed by atoms with Gasteiger partial charge in [0.2, 0.25) is 0 Å². The predicted molar refractivity (Wildman–Crippen MR) is 121 cm³/mol.